The molecule has 1 aliphatic rings. The van der Waals surface area contributed by atoms with Crippen LogP contribution in [0.1, 0.15) is 40.9 Å². The Kier molecular flexibility index (Phi) is 4.10. The predicted octanol–water partition coefficient (Wildman–Crippen LogP) is 3.38. The predicted molar refractivity (Wildman–Crippen MR) is 79.8 cm³/mol. The van der Waals surface area contributed by atoms with Gasteiger partial charge >= 0.3 is 0 Å². The van der Waals surface area contributed by atoms with Crippen molar-refractivity contribution in [1.29, 1.82) is 0 Å². The Morgan fingerprint density at radius 2 is 1.58 bits per heavy atom. The standard InChI is InChI=1S/C17H25NO/c1-11-6-13(3)16(7-12(11)2)17(19)10-18-8-14(4)15(5)9-18/h6-7,14-15H,8-10H2,1-5H3. The number of Topliss-reactive ketones (excluding diaryl/α,β-unsaturated/α-hetero) is 1. The van der Waals surface area contributed by atoms with E-state index in [0.717, 1.165) is 24.2 Å². The van der Waals surface area contributed by atoms with Crippen molar-refractivity contribution in [3.63, 3.8) is 0 Å². The van der Waals surface area contributed by atoms with Crippen molar-refractivity contribution in [2.24, 2.45) is 11.8 Å². The average Bonchev–Trinajstić information content (AvgIpc) is 2.62. The van der Waals surface area contributed by atoms with Gasteiger partial charge < -0.3 is 0 Å². The maximum Gasteiger partial charge on any atom is 0.177 e. The molecule has 1 saturated heterocycles. The van der Waals surface area contributed by atoms with E-state index in [4.69, 9.17) is 0 Å². The third-order valence-electron chi connectivity index (χ3n) is 4.57. The van der Waals surface area contributed by atoms with Crippen molar-refractivity contribution in [3.05, 3.63) is 34.4 Å². The summed E-state index contributed by atoms with van der Waals surface area (Å²) in [7, 11) is 0. The molecule has 2 heteroatoms. The zero-order valence-corrected chi connectivity index (χ0v) is 12.8. The molecule has 2 nitrogen and oxygen atoms in total. The first-order valence-electron chi connectivity index (χ1n) is 7.22. The molecule has 0 saturated carbocycles. The molecule has 2 rings (SSSR count). The number of likely N-dealkylation sites (tertiary alicyclic amines) is 1. The van der Waals surface area contributed by atoms with Crippen molar-refractivity contribution in [2.45, 2.75) is 34.6 Å². The van der Waals surface area contributed by atoms with Gasteiger partial charge in [-0.2, -0.15) is 0 Å². The van der Waals surface area contributed by atoms with Crippen molar-refractivity contribution in [3.8, 4) is 0 Å². The Labute approximate surface area is 116 Å². The van der Waals surface area contributed by atoms with E-state index < -0.39 is 0 Å². The Bertz CT molecular complexity index is 482. The number of carbonyl (C=O) groups is 1. The molecule has 0 spiro atoms. The molecule has 0 radical (unpaired) electrons. The SMILES string of the molecule is Cc1cc(C)c(C(=O)CN2CC(C)C(C)C2)cc1C. The van der Waals surface area contributed by atoms with Gasteiger partial charge in [0.2, 0.25) is 0 Å². The Morgan fingerprint density at radius 1 is 1.05 bits per heavy atom. The van der Waals surface area contributed by atoms with Crippen molar-refractivity contribution in [1.82, 2.24) is 4.90 Å². The molecule has 19 heavy (non-hydrogen) atoms. The van der Waals surface area contributed by atoms with Gasteiger partial charge in [-0.3, -0.25) is 9.69 Å². The third-order valence-corrected chi connectivity index (χ3v) is 4.57. The molecule has 1 aliphatic heterocycles. The van der Waals surface area contributed by atoms with Crippen LogP contribution in [0.25, 0.3) is 0 Å². The van der Waals surface area contributed by atoms with E-state index in [1.165, 1.54) is 11.1 Å². The van der Waals surface area contributed by atoms with Gasteiger partial charge in [-0.05, 0) is 55.4 Å². The lowest BCUT2D eigenvalue weighted by molar-refractivity contribution is 0.0942. The van der Waals surface area contributed by atoms with E-state index in [0.29, 0.717) is 18.4 Å². The summed E-state index contributed by atoms with van der Waals surface area (Å²) in [4.78, 5) is 14.8. The van der Waals surface area contributed by atoms with Crippen LogP contribution in [0.2, 0.25) is 0 Å². The molecular weight excluding hydrogens is 234 g/mol. The highest BCUT2D eigenvalue weighted by atomic mass is 16.1. The lowest BCUT2D eigenvalue weighted by Crippen LogP contribution is -2.28. The number of hydrogen-bond acceptors (Lipinski definition) is 2. The molecule has 1 aromatic carbocycles. The van der Waals surface area contributed by atoms with Gasteiger partial charge in [0.05, 0.1) is 6.54 Å². The number of carbonyl (C=O) groups excluding carboxylic acids is 1. The smallest absolute Gasteiger partial charge is 0.177 e. The molecule has 0 amide bonds. The monoisotopic (exact) mass is 259 g/mol. The molecule has 1 aromatic rings. The van der Waals surface area contributed by atoms with Crippen LogP contribution in [-0.2, 0) is 0 Å². The first kappa shape index (κ1) is 14.3. The summed E-state index contributed by atoms with van der Waals surface area (Å²) in [6.07, 6.45) is 0. The Morgan fingerprint density at radius 3 is 2.16 bits per heavy atom. The summed E-state index contributed by atoms with van der Waals surface area (Å²) in [6.45, 7) is 13.4. The minimum Gasteiger partial charge on any atom is -0.295 e. The molecule has 0 bridgehead atoms. The molecule has 0 aliphatic carbocycles. The highest BCUT2D eigenvalue weighted by molar-refractivity contribution is 5.99. The fourth-order valence-corrected chi connectivity index (χ4v) is 2.93. The fraction of sp³-hybridized carbons (Fsp3) is 0.588. The van der Waals surface area contributed by atoms with Gasteiger partial charge in [0, 0.05) is 18.7 Å². The minimum atomic E-state index is 0.266. The number of nitrogens with zero attached hydrogens (tertiary/aromatic N) is 1. The van der Waals surface area contributed by atoms with Crippen molar-refractivity contribution >= 4 is 5.78 Å². The number of ketones is 1. The largest absolute Gasteiger partial charge is 0.295 e. The van der Waals surface area contributed by atoms with Crippen LogP contribution in [0.15, 0.2) is 12.1 Å². The third kappa shape index (κ3) is 3.06. The maximum absolute atomic E-state index is 12.5. The van der Waals surface area contributed by atoms with E-state index in [2.05, 4.69) is 44.7 Å². The van der Waals surface area contributed by atoms with Crippen LogP contribution < -0.4 is 0 Å². The molecule has 0 N–H and O–H groups in total. The quantitative estimate of drug-likeness (QED) is 0.776. The number of aryl methyl sites for hydroxylation is 3. The van der Waals surface area contributed by atoms with Gasteiger partial charge in [-0.15, -0.1) is 0 Å². The van der Waals surface area contributed by atoms with Crippen molar-refractivity contribution < 1.29 is 4.79 Å². The van der Waals surface area contributed by atoms with Crippen LogP contribution in [0.5, 0.6) is 0 Å². The number of rotatable bonds is 3. The van der Waals surface area contributed by atoms with Crippen molar-refractivity contribution in [2.75, 3.05) is 19.6 Å². The van der Waals surface area contributed by atoms with Gasteiger partial charge in [0.15, 0.2) is 5.78 Å². The first-order valence-corrected chi connectivity index (χ1v) is 7.22. The lowest BCUT2D eigenvalue weighted by atomic mass is 9.98. The fourth-order valence-electron chi connectivity index (χ4n) is 2.93. The Hall–Kier alpha value is -1.15. The van der Waals surface area contributed by atoms with Gasteiger partial charge in [-0.1, -0.05) is 19.9 Å². The van der Waals surface area contributed by atoms with E-state index in [1.807, 2.05) is 6.92 Å². The van der Waals surface area contributed by atoms with Crippen LogP contribution >= 0.6 is 0 Å². The second kappa shape index (κ2) is 5.46. The van der Waals surface area contributed by atoms with Crippen LogP contribution in [0.4, 0.5) is 0 Å². The molecular formula is C17H25NO. The summed E-state index contributed by atoms with van der Waals surface area (Å²) in [5, 5.41) is 0. The average molecular weight is 259 g/mol. The van der Waals surface area contributed by atoms with Gasteiger partial charge in [0.1, 0.15) is 0 Å². The van der Waals surface area contributed by atoms with E-state index in [-0.39, 0.29) is 5.78 Å². The van der Waals surface area contributed by atoms with Crippen LogP contribution in [0.3, 0.4) is 0 Å². The summed E-state index contributed by atoms with van der Waals surface area (Å²) in [5.41, 5.74) is 4.47. The molecule has 1 heterocycles. The summed E-state index contributed by atoms with van der Waals surface area (Å²) in [5.74, 6) is 1.67. The second-order valence-electron chi connectivity index (χ2n) is 6.32. The molecule has 2 atom stereocenters. The highest BCUT2D eigenvalue weighted by Crippen LogP contribution is 2.23. The van der Waals surface area contributed by atoms with Crippen LogP contribution in [-0.4, -0.2) is 30.3 Å². The highest BCUT2D eigenvalue weighted by Gasteiger charge is 2.27. The number of hydrogen-bond donors (Lipinski definition) is 0. The van der Waals surface area contributed by atoms with E-state index in [9.17, 15) is 4.79 Å². The van der Waals surface area contributed by atoms with Gasteiger partial charge in [0.25, 0.3) is 0 Å². The minimum absolute atomic E-state index is 0.266. The topological polar surface area (TPSA) is 20.3 Å². The normalized spacial score (nSPS) is 23.8. The maximum atomic E-state index is 12.5. The lowest BCUT2D eigenvalue weighted by Gasteiger charge is -2.16. The zero-order valence-electron chi connectivity index (χ0n) is 12.8. The molecule has 2 unspecified atom stereocenters. The second-order valence-corrected chi connectivity index (χ2v) is 6.32. The van der Waals surface area contributed by atoms with Gasteiger partial charge in [-0.25, -0.2) is 0 Å². The molecule has 104 valence electrons. The van der Waals surface area contributed by atoms with E-state index >= 15 is 0 Å². The Balaban J connectivity index is 2.11. The summed E-state index contributed by atoms with van der Waals surface area (Å²) in [6, 6.07) is 4.17. The van der Waals surface area contributed by atoms with E-state index in [1.54, 1.807) is 0 Å². The molecule has 1 fully saturated rings. The summed E-state index contributed by atoms with van der Waals surface area (Å²) < 4.78 is 0. The number of benzene rings is 1. The first-order chi connectivity index (χ1) is 8.88. The van der Waals surface area contributed by atoms with Crippen LogP contribution in [0, 0.1) is 32.6 Å². The zero-order chi connectivity index (χ0) is 14.2. The summed E-state index contributed by atoms with van der Waals surface area (Å²) >= 11 is 0. The molecule has 0 aromatic heterocycles.